The zero-order valence-electron chi connectivity index (χ0n) is 11.3. The number of hydrogen-bond acceptors (Lipinski definition) is 4. The molecule has 1 rings (SSSR count). The topological polar surface area (TPSA) is 39.7 Å². The van der Waals surface area contributed by atoms with Crippen molar-refractivity contribution in [2.24, 2.45) is 0 Å². The van der Waals surface area contributed by atoms with Crippen molar-refractivity contribution in [3.05, 3.63) is 17.7 Å². The van der Waals surface area contributed by atoms with Gasteiger partial charge in [0.25, 0.3) is 0 Å². The first kappa shape index (κ1) is 14.2. The lowest BCUT2D eigenvalue weighted by Crippen LogP contribution is -2.11. The fourth-order valence-electron chi connectivity index (χ4n) is 1.53. The first-order valence-electron chi connectivity index (χ1n) is 5.77. The minimum absolute atomic E-state index is 0.565. The van der Waals surface area contributed by atoms with Gasteiger partial charge in [0, 0.05) is 0 Å². The molecule has 1 aromatic carbocycles. The number of hydrogen-bond donors (Lipinski definition) is 1. The molecule has 0 aliphatic heterocycles. The molecule has 1 aromatic rings. The SMILES string of the molecule is CCNCC#Cc1ccc(OC)c(OC)c1OC. The van der Waals surface area contributed by atoms with Gasteiger partial charge in [-0.25, -0.2) is 0 Å². The van der Waals surface area contributed by atoms with Crippen LogP contribution in [0.5, 0.6) is 17.2 Å². The molecule has 4 nitrogen and oxygen atoms in total. The smallest absolute Gasteiger partial charge is 0.204 e. The van der Waals surface area contributed by atoms with Crippen LogP contribution in [0, 0.1) is 11.8 Å². The molecule has 0 aromatic heterocycles. The van der Waals surface area contributed by atoms with Gasteiger partial charge < -0.3 is 19.5 Å². The second-order valence-corrected chi connectivity index (χ2v) is 3.46. The summed E-state index contributed by atoms with van der Waals surface area (Å²) < 4.78 is 15.8. The summed E-state index contributed by atoms with van der Waals surface area (Å²) in [6.07, 6.45) is 0. The highest BCUT2D eigenvalue weighted by atomic mass is 16.5. The first-order chi connectivity index (χ1) is 8.78. The van der Waals surface area contributed by atoms with Crippen LogP contribution in [-0.4, -0.2) is 34.4 Å². The van der Waals surface area contributed by atoms with Crippen LogP contribution in [0.25, 0.3) is 0 Å². The maximum absolute atomic E-state index is 5.34. The summed E-state index contributed by atoms with van der Waals surface area (Å²) in [5.74, 6) is 7.87. The first-order valence-corrected chi connectivity index (χ1v) is 5.77. The van der Waals surface area contributed by atoms with Crippen LogP contribution in [0.3, 0.4) is 0 Å². The van der Waals surface area contributed by atoms with E-state index in [0.717, 1.165) is 12.1 Å². The van der Waals surface area contributed by atoms with E-state index in [1.54, 1.807) is 21.3 Å². The van der Waals surface area contributed by atoms with E-state index in [-0.39, 0.29) is 0 Å². The van der Waals surface area contributed by atoms with Crippen LogP contribution in [-0.2, 0) is 0 Å². The molecular weight excluding hydrogens is 230 g/mol. The normalized spacial score (nSPS) is 9.33. The summed E-state index contributed by atoms with van der Waals surface area (Å²) >= 11 is 0. The summed E-state index contributed by atoms with van der Waals surface area (Å²) in [7, 11) is 4.76. The van der Waals surface area contributed by atoms with Gasteiger partial charge in [0.1, 0.15) is 0 Å². The van der Waals surface area contributed by atoms with Gasteiger partial charge in [-0.05, 0) is 18.7 Å². The molecule has 0 aliphatic carbocycles. The molecule has 0 fully saturated rings. The minimum Gasteiger partial charge on any atom is -0.493 e. The quantitative estimate of drug-likeness (QED) is 0.636. The Hall–Kier alpha value is -1.86. The predicted octanol–water partition coefficient (Wildman–Crippen LogP) is 1.67. The zero-order valence-corrected chi connectivity index (χ0v) is 11.3. The van der Waals surface area contributed by atoms with E-state index >= 15 is 0 Å². The highest BCUT2D eigenvalue weighted by Gasteiger charge is 2.14. The number of ether oxygens (including phenoxy) is 3. The molecule has 0 saturated carbocycles. The lowest BCUT2D eigenvalue weighted by Gasteiger charge is -2.13. The predicted molar refractivity (Wildman–Crippen MR) is 71.5 cm³/mol. The summed E-state index contributed by atoms with van der Waals surface area (Å²) in [6, 6.07) is 3.68. The Balaban J connectivity index is 3.07. The van der Waals surface area contributed by atoms with Crippen LogP contribution in [0.4, 0.5) is 0 Å². The molecule has 4 heteroatoms. The van der Waals surface area contributed by atoms with Crippen LogP contribution in [0.2, 0.25) is 0 Å². The van der Waals surface area contributed by atoms with Gasteiger partial charge in [-0.15, -0.1) is 0 Å². The summed E-state index contributed by atoms with van der Waals surface area (Å²) in [6.45, 7) is 3.59. The van der Waals surface area contributed by atoms with E-state index in [9.17, 15) is 0 Å². The maximum Gasteiger partial charge on any atom is 0.204 e. The van der Waals surface area contributed by atoms with Gasteiger partial charge >= 0.3 is 0 Å². The molecule has 0 saturated heterocycles. The number of nitrogens with one attached hydrogen (secondary N) is 1. The van der Waals surface area contributed by atoms with Crippen molar-refractivity contribution in [2.75, 3.05) is 34.4 Å². The molecule has 1 N–H and O–H groups in total. The lowest BCUT2D eigenvalue weighted by atomic mass is 10.1. The molecule has 0 spiro atoms. The highest BCUT2D eigenvalue weighted by molar-refractivity contribution is 5.60. The molecule has 0 atom stereocenters. The van der Waals surface area contributed by atoms with Gasteiger partial charge in [0.15, 0.2) is 11.5 Å². The van der Waals surface area contributed by atoms with Gasteiger partial charge in [-0.3, -0.25) is 0 Å². The second kappa shape index (κ2) is 7.46. The molecule has 0 unspecified atom stereocenters. The average Bonchev–Trinajstić information content (AvgIpc) is 2.42. The molecule has 0 heterocycles. The third kappa shape index (κ3) is 3.31. The lowest BCUT2D eigenvalue weighted by molar-refractivity contribution is 0.324. The molecule has 0 bridgehead atoms. The summed E-state index contributed by atoms with van der Waals surface area (Å²) in [5, 5.41) is 3.14. The fraction of sp³-hybridized carbons (Fsp3) is 0.429. The minimum atomic E-state index is 0.565. The van der Waals surface area contributed by atoms with Crippen molar-refractivity contribution >= 4 is 0 Å². The molecule has 18 heavy (non-hydrogen) atoms. The number of methoxy groups -OCH3 is 3. The van der Waals surface area contributed by atoms with E-state index in [0.29, 0.717) is 23.8 Å². The number of benzene rings is 1. The van der Waals surface area contributed by atoms with E-state index in [1.165, 1.54) is 0 Å². The third-order valence-electron chi connectivity index (χ3n) is 2.39. The largest absolute Gasteiger partial charge is 0.493 e. The van der Waals surface area contributed by atoms with Crippen molar-refractivity contribution in [2.45, 2.75) is 6.92 Å². The standard InChI is InChI=1S/C14H19NO3/c1-5-15-10-6-7-11-8-9-12(16-2)14(18-4)13(11)17-3/h8-9,15H,5,10H2,1-4H3. The molecule has 98 valence electrons. The number of rotatable bonds is 5. The monoisotopic (exact) mass is 249 g/mol. The van der Waals surface area contributed by atoms with Crippen LogP contribution in [0.1, 0.15) is 12.5 Å². The van der Waals surface area contributed by atoms with Crippen molar-refractivity contribution in [1.29, 1.82) is 0 Å². The molecule has 0 amide bonds. The highest BCUT2D eigenvalue weighted by Crippen LogP contribution is 2.39. The summed E-state index contributed by atoms with van der Waals surface area (Å²) in [5.41, 5.74) is 0.785. The van der Waals surface area contributed by atoms with Gasteiger partial charge in [0.05, 0.1) is 33.4 Å². The molecular formula is C14H19NO3. The van der Waals surface area contributed by atoms with Gasteiger partial charge in [-0.2, -0.15) is 0 Å². The Kier molecular flexibility index (Phi) is 5.89. The second-order valence-electron chi connectivity index (χ2n) is 3.46. The van der Waals surface area contributed by atoms with E-state index < -0.39 is 0 Å². The Morgan fingerprint density at radius 1 is 1.06 bits per heavy atom. The van der Waals surface area contributed by atoms with Crippen LogP contribution in [0.15, 0.2) is 12.1 Å². The van der Waals surface area contributed by atoms with E-state index in [2.05, 4.69) is 17.2 Å². The molecule has 0 aliphatic rings. The Labute approximate surface area is 108 Å². The van der Waals surface area contributed by atoms with Crippen LogP contribution >= 0.6 is 0 Å². The van der Waals surface area contributed by atoms with Crippen molar-refractivity contribution in [3.63, 3.8) is 0 Å². The Bertz CT molecular complexity index is 446. The van der Waals surface area contributed by atoms with E-state index in [4.69, 9.17) is 14.2 Å². The average molecular weight is 249 g/mol. The summed E-state index contributed by atoms with van der Waals surface area (Å²) in [4.78, 5) is 0. The zero-order chi connectivity index (χ0) is 13.4. The molecule has 0 radical (unpaired) electrons. The third-order valence-corrected chi connectivity index (χ3v) is 2.39. The maximum atomic E-state index is 5.34. The van der Waals surface area contributed by atoms with Crippen LogP contribution < -0.4 is 19.5 Å². The van der Waals surface area contributed by atoms with Gasteiger partial charge in [0.2, 0.25) is 5.75 Å². The fourth-order valence-corrected chi connectivity index (χ4v) is 1.53. The van der Waals surface area contributed by atoms with E-state index in [1.807, 2.05) is 19.1 Å². The van der Waals surface area contributed by atoms with Crippen molar-refractivity contribution in [1.82, 2.24) is 5.32 Å². The Morgan fingerprint density at radius 3 is 2.33 bits per heavy atom. The Morgan fingerprint density at radius 2 is 1.78 bits per heavy atom. The van der Waals surface area contributed by atoms with Crippen molar-refractivity contribution < 1.29 is 14.2 Å². The van der Waals surface area contributed by atoms with Gasteiger partial charge in [-0.1, -0.05) is 18.8 Å². The van der Waals surface area contributed by atoms with Crippen molar-refractivity contribution in [3.8, 4) is 29.1 Å².